The molecule has 0 amide bonds. The summed E-state index contributed by atoms with van der Waals surface area (Å²) in [7, 11) is 0. The van der Waals surface area contributed by atoms with Crippen LogP contribution in [0, 0.1) is 6.92 Å². The van der Waals surface area contributed by atoms with Crippen molar-refractivity contribution in [3.05, 3.63) is 17.3 Å². The maximum absolute atomic E-state index is 5.93. The van der Waals surface area contributed by atoms with E-state index in [0.717, 1.165) is 23.8 Å². The summed E-state index contributed by atoms with van der Waals surface area (Å²) < 4.78 is 0. The minimum Gasteiger partial charge on any atom is -0.383 e. The fraction of sp³-hybridized carbons (Fsp3) is 0.462. The molecule has 0 fully saturated rings. The summed E-state index contributed by atoms with van der Waals surface area (Å²) in [6.45, 7) is 6.42. The lowest BCUT2D eigenvalue weighted by atomic mass is 9.93. The molecule has 0 aromatic carbocycles. The number of rotatable bonds is 3. The van der Waals surface area contributed by atoms with Gasteiger partial charge in [-0.05, 0) is 30.4 Å². The van der Waals surface area contributed by atoms with Gasteiger partial charge in [0.15, 0.2) is 5.65 Å². The van der Waals surface area contributed by atoms with Crippen molar-refractivity contribution in [2.45, 2.75) is 39.5 Å². The molecule has 2 aromatic heterocycles. The van der Waals surface area contributed by atoms with Crippen LogP contribution in [0.15, 0.2) is 6.20 Å². The van der Waals surface area contributed by atoms with Crippen LogP contribution < -0.4 is 11.5 Å². The van der Waals surface area contributed by atoms with Crippen LogP contribution in [0.25, 0.3) is 11.0 Å². The largest absolute Gasteiger partial charge is 0.383 e. The van der Waals surface area contributed by atoms with Gasteiger partial charge in [-0.25, -0.2) is 4.98 Å². The lowest BCUT2D eigenvalue weighted by Gasteiger charge is -2.15. The summed E-state index contributed by atoms with van der Waals surface area (Å²) in [5.41, 5.74) is 14.4. The zero-order chi connectivity index (χ0) is 13.3. The van der Waals surface area contributed by atoms with Crippen LogP contribution in [0.5, 0.6) is 0 Å². The molecule has 2 aromatic rings. The Hall–Kier alpha value is -1.91. The van der Waals surface area contributed by atoms with Crippen molar-refractivity contribution in [1.82, 2.24) is 15.0 Å². The van der Waals surface area contributed by atoms with Crippen LogP contribution in [-0.4, -0.2) is 15.0 Å². The molecule has 0 saturated heterocycles. The highest BCUT2D eigenvalue weighted by Gasteiger charge is 2.14. The Labute approximate surface area is 107 Å². The second-order valence-corrected chi connectivity index (χ2v) is 4.69. The van der Waals surface area contributed by atoms with E-state index in [2.05, 4.69) is 28.8 Å². The van der Waals surface area contributed by atoms with E-state index in [-0.39, 0.29) is 5.95 Å². The Morgan fingerprint density at radius 3 is 2.67 bits per heavy atom. The van der Waals surface area contributed by atoms with Gasteiger partial charge in [-0.15, -0.1) is 0 Å². The second kappa shape index (κ2) is 4.76. The van der Waals surface area contributed by atoms with Crippen LogP contribution in [0.3, 0.4) is 0 Å². The van der Waals surface area contributed by atoms with Crippen molar-refractivity contribution >= 4 is 22.8 Å². The normalized spacial score (nSPS) is 12.8. The van der Waals surface area contributed by atoms with E-state index in [1.165, 1.54) is 5.56 Å². The van der Waals surface area contributed by atoms with Gasteiger partial charge in [0.1, 0.15) is 5.82 Å². The highest BCUT2D eigenvalue weighted by atomic mass is 15.1. The van der Waals surface area contributed by atoms with Gasteiger partial charge in [0.05, 0.1) is 5.39 Å². The highest BCUT2D eigenvalue weighted by Crippen LogP contribution is 2.29. The molecular weight excluding hydrogens is 226 g/mol. The molecule has 0 bridgehead atoms. The smallest absolute Gasteiger partial charge is 0.224 e. The van der Waals surface area contributed by atoms with E-state index < -0.39 is 0 Å². The van der Waals surface area contributed by atoms with E-state index in [9.17, 15) is 0 Å². The van der Waals surface area contributed by atoms with Gasteiger partial charge in [0.25, 0.3) is 0 Å². The van der Waals surface area contributed by atoms with Gasteiger partial charge in [-0.3, -0.25) is 0 Å². The predicted octanol–water partition coefficient (Wildman–Crippen LogP) is 2.40. The third kappa shape index (κ3) is 2.08. The number of hydrogen-bond donors (Lipinski definition) is 2. The molecule has 0 spiro atoms. The maximum atomic E-state index is 5.93. The minimum absolute atomic E-state index is 0.168. The standard InChI is InChI=1S/C13H19N5/c1-4-5-7(2)9-6-16-12-10(8(9)3)11(14)17-13(15)18-12/h6-7H,4-5H2,1-3H3,(H4,14,15,16,17,18)/t7-/m0/s1. The second-order valence-electron chi connectivity index (χ2n) is 4.69. The number of nitrogens with zero attached hydrogens (tertiary/aromatic N) is 3. The number of anilines is 2. The van der Waals surface area contributed by atoms with Crippen LogP contribution in [0.4, 0.5) is 11.8 Å². The average molecular weight is 245 g/mol. The molecule has 4 N–H and O–H groups in total. The van der Waals surface area contributed by atoms with Crippen LogP contribution in [0.2, 0.25) is 0 Å². The molecule has 96 valence electrons. The number of hydrogen-bond acceptors (Lipinski definition) is 5. The minimum atomic E-state index is 0.168. The maximum Gasteiger partial charge on any atom is 0.224 e. The van der Waals surface area contributed by atoms with Gasteiger partial charge in [0, 0.05) is 6.20 Å². The number of aryl methyl sites for hydroxylation is 1. The number of aromatic nitrogens is 3. The molecule has 0 unspecified atom stereocenters. The first-order valence-corrected chi connectivity index (χ1v) is 6.22. The van der Waals surface area contributed by atoms with Crippen molar-refractivity contribution < 1.29 is 0 Å². The molecule has 0 saturated carbocycles. The SMILES string of the molecule is CCC[C@H](C)c1cnc2nc(N)nc(N)c2c1C. The number of nitrogens with two attached hydrogens (primary N) is 2. The van der Waals surface area contributed by atoms with E-state index in [1.54, 1.807) is 0 Å². The molecule has 0 aliphatic heterocycles. The van der Waals surface area contributed by atoms with Crippen molar-refractivity contribution in [3.63, 3.8) is 0 Å². The first-order valence-electron chi connectivity index (χ1n) is 6.22. The molecule has 2 heterocycles. The number of nitrogen functional groups attached to an aromatic ring is 2. The zero-order valence-corrected chi connectivity index (χ0v) is 11.1. The molecule has 0 aliphatic rings. The van der Waals surface area contributed by atoms with Gasteiger partial charge >= 0.3 is 0 Å². The van der Waals surface area contributed by atoms with E-state index >= 15 is 0 Å². The summed E-state index contributed by atoms with van der Waals surface area (Å²) >= 11 is 0. The monoisotopic (exact) mass is 245 g/mol. The molecule has 18 heavy (non-hydrogen) atoms. The summed E-state index contributed by atoms with van der Waals surface area (Å²) in [5, 5.41) is 0.824. The number of fused-ring (bicyclic) bond motifs is 1. The van der Waals surface area contributed by atoms with E-state index in [1.807, 2.05) is 13.1 Å². The molecule has 2 rings (SSSR count). The fourth-order valence-corrected chi connectivity index (χ4v) is 2.39. The Kier molecular flexibility index (Phi) is 3.32. The Morgan fingerprint density at radius 2 is 2.00 bits per heavy atom. The van der Waals surface area contributed by atoms with Crippen molar-refractivity contribution in [3.8, 4) is 0 Å². The molecular formula is C13H19N5. The van der Waals surface area contributed by atoms with Crippen LogP contribution in [-0.2, 0) is 0 Å². The summed E-state index contributed by atoms with van der Waals surface area (Å²) in [5.74, 6) is 1.04. The first kappa shape index (κ1) is 12.5. The van der Waals surface area contributed by atoms with Gasteiger partial charge < -0.3 is 11.5 Å². The Morgan fingerprint density at radius 1 is 1.28 bits per heavy atom. The third-order valence-corrected chi connectivity index (χ3v) is 3.32. The van der Waals surface area contributed by atoms with Crippen molar-refractivity contribution in [2.75, 3.05) is 11.5 Å². The van der Waals surface area contributed by atoms with Gasteiger partial charge in [-0.1, -0.05) is 20.3 Å². The summed E-state index contributed by atoms with van der Waals surface area (Å²) in [6.07, 6.45) is 4.15. The highest BCUT2D eigenvalue weighted by molar-refractivity contribution is 5.90. The molecule has 1 atom stereocenters. The number of pyridine rings is 1. The molecule has 5 heteroatoms. The first-order chi connectivity index (χ1) is 8.54. The fourth-order valence-electron chi connectivity index (χ4n) is 2.39. The van der Waals surface area contributed by atoms with Gasteiger partial charge in [0.2, 0.25) is 5.95 Å². The zero-order valence-electron chi connectivity index (χ0n) is 11.1. The lowest BCUT2D eigenvalue weighted by Crippen LogP contribution is -2.05. The van der Waals surface area contributed by atoms with Crippen molar-refractivity contribution in [2.24, 2.45) is 0 Å². The quantitative estimate of drug-likeness (QED) is 0.866. The van der Waals surface area contributed by atoms with Crippen LogP contribution >= 0.6 is 0 Å². The Balaban J connectivity index is 2.63. The topological polar surface area (TPSA) is 90.7 Å². The molecule has 5 nitrogen and oxygen atoms in total. The van der Waals surface area contributed by atoms with Crippen molar-refractivity contribution in [1.29, 1.82) is 0 Å². The summed E-state index contributed by atoms with van der Waals surface area (Å²) in [6, 6.07) is 0. The predicted molar refractivity (Wildman–Crippen MR) is 74.2 cm³/mol. The lowest BCUT2D eigenvalue weighted by molar-refractivity contribution is 0.660. The molecule has 0 radical (unpaired) electrons. The summed E-state index contributed by atoms with van der Waals surface area (Å²) in [4.78, 5) is 12.5. The Bertz CT molecular complexity index is 579. The third-order valence-electron chi connectivity index (χ3n) is 3.32. The average Bonchev–Trinajstić information content (AvgIpc) is 2.28. The molecule has 0 aliphatic carbocycles. The van der Waals surface area contributed by atoms with E-state index in [0.29, 0.717) is 17.4 Å². The van der Waals surface area contributed by atoms with E-state index in [4.69, 9.17) is 11.5 Å². The van der Waals surface area contributed by atoms with Gasteiger partial charge in [-0.2, -0.15) is 9.97 Å². The van der Waals surface area contributed by atoms with Crippen LogP contribution in [0.1, 0.15) is 43.7 Å².